The fraction of sp³-hybridized carbons (Fsp3) is 0.778. The van der Waals surface area contributed by atoms with Crippen LogP contribution in [0.4, 0.5) is 0 Å². The largest absolute Gasteiger partial charge is 0.782 e. The van der Waals surface area contributed by atoms with Gasteiger partial charge in [0.25, 0.3) is 0 Å². The molecule has 0 aliphatic rings. The van der Waals surface area contributed by atoms with Crippen molar-refractivity contribution in [2.45, 2.75) is 39.8 Å². The van der Waals surface area contributed by atoms with Gasteiger partial charge in [-0.05, 0) is 0 Å². The van der Waals surface area contributed by atoms with Crippen molar-refractivity contribution in [2.24, 2.45) is 0 Å². The van der Waals surface area contributed by atoms with Crippen molar-refractivity contribution in [2.75, 3.05) is 6.61 Å². The van der Waals surface area contributed by atoms with Crippen molar-refractivity contribution in [3.63, 3.8) is 0 Å². The van der Waals surface area contributed by atoms with E-state index in [1.807, 2.05) is 0 Å². The molecule has 0 bridgehead atoms. The molecule has 98 valence electrons. The van der Waals surface area contributed by atoms with Crippen LogP contribution >= 0.6 is 20.5 Å². The summed E-state index contributed by atoms with van der Waals surface area (Å²) in [5, 5.41) is 3.31. The van der Waals surface area contributed by atoms with Crippen molar-refractivity contribution in [1.82, 2.24) is 5.32 Å². The minimum Gasteiger partial charge on any atom is -0.782 e. The highest BCUT2D eigenvalue weighted by Gasteiger charge is 1.92. The van der Waals surface area contributed by atoms with E-state index in [1.54, 1.807) is 0 Å². The number of hydrogen-bond donors (Lipinski definition) is 1. The third kappa shape index (κ3) is 19.8. The molecule has 0 aliphatic carbocycles. The van der Waals surface area contributed by atoms with Crippen molar-refractivity contribution in [3.8, 4) is 0 Å². The number of nitrogens with one attached hydrogen (secondary N) is 1. The second kappa shape index (κ2) is 13.3. The van der Waals surface area contributed by atoms with Gasteiger partial charge in [0, 0.05) is 12.1 Å². The molecule has 1 unspecified atom stereocenters. The zero-order valence-electron chi connectivity index (χ0n) is 10.1. The zero-order chi connectivity index (χ0) is 13.0. The highest BCUT2D eigenvalue weighted by molar-refractivity contribution is 7.40. The van der Waals surface area contributed by atoms with Crippen molar-refractivity contribution in [1.29, 1.82) is 0 Å². The van der Waals surface area contributed by atoms with Crippen LogP contribution in [0.3, 0.4) is 0 Å². The molecule has 0 radical (unpaired) electrons. The van der Waals surface area contributed by atoms with Gasteiger partial charge >= 0.3 is 0 Å². The molecule has 1 N–H and O–H groups in total. The summed E-state index contributed by atoms with van der Waals surface area (Å²) in [5.74, 6) is 0. The summed E-state index contributed by atoms with van der Waals surface area (Å²) < 4.78 is 7.71. The van der Waals surface area contributed by atoms with Gasteiger partial charge in [-0.15, -0.1) is 6.58 Å². The molecule has 16 heavy (non-hydrogen) atoms. The van der Waals surface area contributed by atoms with Gasteiger partial charge in [-0.2, -0.15) is 4.67 Å². The molecule has 0 aromatic heterocycles. The van der Waals surface area contributed by atoms with E-state index in [1.165, 1.54) is 6.08 Å². The maximum Gasteiger partial charge on any atom is 0.150 e. The van der Waals surface area contributed by atoms with Gasteiger partial charge in [0.15, 0.2) is 8.60 Å². The Bertz CT molecular complexity index is 154. The van der Waals surface area contributed by atoms with Crippen LogP contribution in [0.25, 0.3) is 0 Å². The first-order valence-corrected chi connectivity index (χ1v) is 6.26. The number of rotatable bonds is 7. The third-order valence-electron chi connectivity index (χ3n) is 1.02. The lowest BCUT2D eigenvalue weighted by Gasteiger charge is -2.13. The van der Waals surface area contributed by atoms with Gasteiger partial charge in [-0.1, -0.05) is 33.8 Å². The maximum absolute atomic E-state index is 10.1. The van der Waals surface area contributed by atoms with Gasteiger partial charge in [-0.25, -0.2) is 8.96 Å². The fourth-order valence-corrected chi connectivity index (χ4v) is 1.04. The second-order valence-electron chi connectivity index (χ2n) is 3.42. The summed E-state index contributed by atoms with van der Waals surface area (Å²) >= 11 is 4.62. The highest BCUT2D eigenvalue weighted by Crippen LogP contribution is 2.29. The predicted octanol–water partition coefficient (Wildman–Crippen LogP) is 2.27. The Kier molecular flexibility index (Phi) is 15.5. The molecule has 0 rings (SSSR count). The molecular formula is C9H20ClNO4P-. The summed E-state index contributed by atoms with van der Waals surface area (Å²) in [5.41, 5.74) is 0. The second-order valence-corrected chi connectivity index (χ2v) is 4.56. The molecule has 0 saturated heterocycles. The Labute approximate surface area is 104 Å². The van der Waals surface area contributed by atoms with Crippen LogP contribution in [-0.4, -0.2) is 18.7 Å². The van der Waals surface area contributed by atoms with Gasteiger partial charge in [0.2, 0.25) is 0 Å². The Morgan fingerprint density at radius 3 is 2.12 bits per heavy atom. The Balaban J connectivity index is 0. The van der Waals surface area contributed by atoms with Crippen LogP contribution in [0.1, 0.15) is 27.7 Å². The van der Waals surface area contributed by atoms with Crippen molar-refractivity contribution >= 4 is 20.5 Å². The Morgan fingerprint density at radius 2 is 1.88 bits per heavy atom. The van der Waals surface area contributed by atoms with Crippen molar-refractivity contribution < 1.29 is 18.5 Å². The van der Waals surface area contributed by atoms with Crippen LogP contribution in [-0.2, 0) is 13.6 Å². The van der Waals surface area contributed by atoms with E-state index in [9.17, 15) is 4.89 Å². The average Bonchev–Trinajstić information content (AvgIpc) is 2.16. The van der Waals surface area contributed by atoms with Gasteiger partial charge in [0.05, 0.1) is 11.9 Å². The molecular weight excluding hydrogens is 253 g/mol. The van der Waals surface area contributed by atoms with E-state index >= 15 is 0 Å². The fourth-order valence-electron chi connectivity index (χ4n) is 0.800. The number of hydrogen-bond acceptors (Lipinski definition) is 5. The van der Waals surface area contributed by atoms with E-state index in [4.69, 9.17) is 0 Å². The molecule has 0 aromatic rings. The van der Waals surface area contributed by atoms with E-state index < -0.39 is 8.60 Å². The molecule has 0 heterocycles. The van der Waals surface area contributed by atoms with Gasteiger partial charge in [-0.3, -0.25) is 0 Å². The van der Waals surface area contributed by atoms with E-state index in [-0.39, 0.29) is 6.61 Å². The molecule has 0 amide bonds. The molecule has 7 heteroatoms. The monoisotopic (exact) mass is 272 g/mol. The predicted molar refractivity (Wildman–Crippen MR) is 64.5 cm³/mol. The van der Waals surface area contributed by atoms with E-state index in [2.05, 4.69) is 65.1 Å². The zero-order valence-corrected chi connectivity index (χ0v) is 11.8. The van der Waals surface area contributed by atoms with Crippen LogP contribution in [0, 0.1) is 0 Å². The Morgan fingerprint density at radius 1 is 1.38 bits per heavy atom. The number of halogens is 1. The summed E-state index contributed by atoms with van der Waals surface area (Å²) in [4.78, 5) is 14.3. The van der Waals surface area contributed by atoms with E-state index in [0.29, 0.717) is 12.1 Å². The van der Waals surface area contributed by atoms with Crippen LogP contribution in [0.2, 0.25) is 0 Å². The van der Waals surface area contributed by atoms with Gasteiger partial charge in [0.1, 0.15) is 6.61 Å². The topological polar surface area (TPSA) is 62.8 Å². The summed E-state index contributed by atoms with van der Waals surface area (Å²) in [6.45, 7) is 12.1. The average molecular weight is 273 g/mol. The molecule has 1 atom stereocenters. The summed E-state index contributed by atoms with van der Waals surface area (Å²) in [7, 11) is -2.34. The first kappa shape index (κ1) is 18.6. The minimum atomic E-state index is -2.34. The van der Waals surface area contributed by atoms with Gasteiger partial charge < -0.3 is 10.2 Å². The first-order valence-electron chi connectivity index (χ1n) is 4.86. The quantitative estimate of drug-likeness (QED) is 0.253. The standard InChI is InChI=1S/C6H15N.C3H5ClO4P/c1-5(2)7-6(3)4;1-2-3-6-8-9(5)7-4/h5-7H,1-4H3;2H,1,3H2/q;-1. The molecule has 0 fully saturated rings. The van der Waals surface area contributed by atoms with Crippen LogP contribution in [0.5, 0.6) is 0 Å². The lowest BCUT2D eigenvalue weighted by atomic mass is 10.3. The summed E-state index contributed by atoms with van der Waals surface area (Å²) in [6, 6.07) is 1.25. The molecule has 0 aromatic carbocycles. The lowest BCUT2D eigenvalue weighted by Crippen LogP contribution is -2.29. The van der Waals surface area contributed by atoms with Crippen molar-refractivity contribution in [3.05, 3.63) is 12.7 Å². The van der Waals surface area contributed by atoms with Crippen LogP contribution < -0.4 is 10.2 Å². The molecule has 5 nitrogen and oxygen atoms in total. The normalized spacial score (nSPS) is 12.2. The SMILES string of the molecule is C=CCOOP([O-])OCl.CC(C)NC(C)C. The Hall–Kier alpha value is 0.260. The molecule has 0 spiro atoms. The van der Waals surface area contributed by atoms with Crippen LogP contribution in [0.15, 0.2) is 12.7 Å². The van der Waals surface area contributed by atoms with E-state index in [0.717, 1.165) is 0 Å². The molecule has 0 aliphatic heterocycles. The first-order chi connectivity index (χ1) is 7.43. The third-order valence-corrected chi connectivity index (χ3v) is 1.70. The minimum absolute atomic E-state index is 0.140. The summed E-state index contributed by atoms with van der Waals surface area (Å²) in [6.07, 6.45) is 1.43. The highest BCUT2D eigenvalue weighted by atomic mass is 35.5. The molecule has 0 saturated carbocycles. The smallest absolute Gasteiger partial charge is 0.150 e. The lowest BCUT2D eigenvalue weighted by molar-refractivity contribution is -0.277. The maximum atomic E-state index is 10.1.